The first-order chi connectivity index (χ1) is 13.3. The highest BCUT2D eigenvalue weighted by atomic mass is 35.5. The Morgan fingerprint density at radius 3 is 2.64 bits per heavy atom. The Morgan fingerprint density at radius 2 is 1.96 bits per heavy atom. The van der Waals surface area contributed by atoms with Crippen molar-refractivity contribution < 1.29 is 28.7 Å². The highest BCUT2D eigenvalue weighted by Gasteiger charge is 2.24. The van der Waals surface area contributed by atoms with Gasteiger partial charge in [-0.3, -0.25) is 9.59 Å². The molecule has 1 aliphatic heterocycles. The molecule has 0 unspecified atom stereocenters. The van der Waals surface area contributed by atoms with Crippen molar-refractivity contribution in [1.29, 1.82) is 0 Å². The van der Waals surface area contributed by atoms with E-state index in [9.17, 15) is 19.2 Å². The maximum Gasteiger partial charge on any atom is 0.337 e. The topological polar surface area (TPSA) is 123 Å². The van der Waals surface area contributed by atoms with Gasteiger partial charge in [0.05, 0.1) is 35.0 Å². The van der Waals surface area contributed by atoms with Gasteiger partial charge in [-0.2, -0.15) is 0 Å². The normalized spacial score (nSPS) is 13.3. The average Bonchev–Trinajstić information content (AvgIpc) is 2.64. The van der Waals surface area contributed by atoms with Gasteiger partial charge in [0.15, 0.2) is 0 Å². The van der Waals surface area contributed by atoms with Gasteiger partial charge in [-0.05, 0) is 25.1 Å². The SMILES string of the molecule is CCOC(=O)C1=C(COC(=O)CNC(=O)c2ccc(Cl)cc2Cl)NC(=O)NC1. The van der Waals surface area contributed by atoms with Crippen LogP contribution >= 0.6 is 23.2 Å². The Kier molecular flexibility index (Phi) is 7.65. The Labute approximate surface area is 170 Å². The summed E-state index contributed by atoms with van der Waals surface area (Å²) in [6.07, 6.45) is 0. The quantitative estimate of drug-likeness (QED) is 0.562. The van der Waals surface area contributed by atoms with Crippen LogP contribution in [0.25, 0.3) is 0 Å². The van der Waals surface area contributed by atoms with Crippen LogP contribution in [0, 0.1) is 0 Å². The summed E-state index contributed by atoms with van der Waals surface area (Å²) in [5.74, 6) is -1.99. The highest BCUT2D eigenvalue weighted by Crippen LogP contribution is 2.20. The van der Waals surface area contributed by atoms with Crippen LogP contribution in [0.4, 0.5) is 4.79 Å². The summed E-state index contributed by atoms with van der Waals surface area (Å²) in [7, 11) is 0. The molecular weight excluding hydrogens is 413 g/mol. The first-order valence-corrected chi connectivity index (χ1v) is 8.90. The van der Waals surface area contributed by atoms with Gasteiger partial charge in [0.25, 0.3) is 5.91 Å². The van der Waals surface area contributed by atoms with Gasteiger partial charge in [0, 0.05) is 5.02 Å². The molecule has 1 aromatic carbocycles. The minimum atomic E-state index is -0.776. The lowest BCUT2D eigenvalue weighted by Crippen LogP contribution is -2.45. The Balaban J connectivity index is 1.92. The first kappa shape index (κ1) is 21.5. The molecule has 0 aromatic heterocycles. The molecule has 0 aliphatic carbocycles. The number of esters is 2. The predicted octanol–water partition coefficient (Wildman–Crippen LogP) is 1.40. The van der Waals surface area contributed by atoms with Crippen molar-refractivity contribution in [1.82, 2.24) is 16.0 Å². The van der Waals surface area contributed by atoms with E-state index in [1.54, 1.807) is 6.92 Å². The molecule has 0 fully saturated rings. The minimum absolute atomic E-state index is 0.0522. The van der Waals surface area contributed by atoms with E-state index < -0.39 is 30.4 Å². The molecule has 1 aromatic rings. The van der Waals surface area contributed by atoms with Gasteiger partial charge >= 0.3 is 18.0 Å². The Morgan fingerprint density at radius 1 is 1.21 bits per heavy atom. The van der Waals surface area contributed by atoms with E-state index in [2.05, 4.69) is 16.0 Å². The molecular formula is C17H17Cl2N3O6. The molecule has 3 amide bonds. The van der Waals surface area contributed by atoms with E-state index >= 15 is 0 Å². The number of rotatable bonds is 7. The van der Waals surface area contributed by atoms with Crippen molar-refractivity contribution in [2.24, 2.45) is 0 Å². The number of urea groups is 1. The largest absolute Gasteiger partial charge is 0.463 e. The molecule has 2 rings (SSSR count). The maximum atomic E-state index is 12.1. The van der Waals surface area contributed by atoms with Crippen LogP contribution in [-0.2, 0) is 19.1 Å². The standard InChI is InChI=1S/C17H17Cl2N3O6/c1-2-27-16(25)11-6-21-17(26)22-13(11)8-28-14(23)7-20-15(24)10-4-3-9(18)5-12(10)19/h3-5H,2,6-8H2,1H3,(H,20,24)(H2,21,22,26). The zero-order chi connectivity index (χ0) is 20.7. The number of carbonyl (C=O) groups excluding carboxylic acids is 4. The van der Waals surface area contributed by atoms with Crippen LogP contribution in [0.2, 0.25) is 10.0 Å². The van der Waals surface area contributed by atoms with Gasteiger partial charge < -0.3 is 25.4 Å². The van der Waals surface area contributed by atoms with Crippen molar-refractivity contribution in [2.45, 2.75) is 6.92 Å². The average molecular weight is 430 g/mol. The van der Waals surface area contributed by atoms with Crippen LogP contribution in [-0.4, -0.2) is 50.2 Å². The predicted molar refractivity (Wildman–Crippen MR) is 99.9 cm³/mol. The fourth-order valence-electron chi connectivity index (χ4n) is 2.19. The fraction of sp³-hybridized carbons (Fsp3) is 0.294. The molecule has 0 radical (unpaired) electrons. The maximum absolute atomic E-state index is 12.1. The summed E-state index contributed by atoms with van der Waals surface area (Å²) < 4.78 is 9.90. The Hall–Kier alpha value is -2.78. The molecule has 0 atom stereocenters. The number of hydrogen-bond acceptors (Lipinski definition) is 6. The summed E-state index contributed by atoms with van der Waals surface area (Å²) in [5, 5.41) is 7.70. The number of amides is 3. The molecule has 0 saturated heterocycles. The van der Waals surface area contributed by atoms with Gasteiger partial charge in [0.1, 0.15) is 13.2 Å². The lowest BCUT2D eigenvalue weighted by molar-refractivity contribution is -0.142. The third kappa shape index (κ3) is 5.86. The van der Waals surface area contributed by atoms with Crippen molar-refractivity contribution >= 4 is 47.1 Å². The van der Waals surface area contributed by atoms with E-state index in [4.69, 9.17) is 32.7 Å². The van der Waals surface area contributed by atoms with E-state index in [1.807, 2.05) is 0 Å². The molecule has 1 aliphatic rings. The van der Waals surface area contributed by atoms with E-state index in [1.165, 1.54) is 18.2 Å². The molecule has 0 bridgehead atoms. The van der Waals surface area contributed by atoms with E-state index in [0.717, 1.165) is 0 Å². The lowest BCUT2D eigenvalue weighted by Gasteiger charge is -2.21. The molecule has 3 N–H and O–H groups in total. The summed E-state index contributed by atoms with van der Waals surface area (Å²) in [6, 6.07) is 3.78. The van der Waals surface area contributed by atoms with Crippen LogP contribution in [0.15, 0.2) is 29.5 Å². The summed E-state index contributed by atoms with van der Waals surface area (Å²) in [5.41, 5.74) is 0.408. The van der Waals surface area contributed by atoms with Gasteiger partial charge in [-0.1, -0.05) is 23.2 Å². The summed E-state index contributed by atoms with van der Waals surface area (Å²) in [6.45, 7) is 0.943. The number of ether oxygens (including phenoxy) is 2. The first-order valence-electron chi connectivity index (χ1n) is 8.14. The second-order valence-corrected chi connectivity index (χ2v) is 6.30. The monoisotopic (exact) mass is 429 g/mol. The zero-order valence-corrected chi connectivity index (χ0v) is 16.3. The smallest absolute Gasteiger partial charge is 0.337 e. The number of halogens is 2. The second-order valence-electron chi connectivity index (χ2n) is 5.45. The summed E-state index contributed by atoms with van der Waals surface area (Å²) in [4.78, 5) is 47.3. The van der Waals surface area contributed by atoms with Crippen LogP contribution < -0.4 is 16.0 Å². The van der Waals surface area contributed by atoms with Crippen molar-refractivity contribution in [2.75, 3.05) is 26.3 Å². The van der Waals surface area contributed by atoms with Crippen molar-refractivity contribution in [3.8, 4) is 0 Å². The van der Waals surface area contributed by atoms with E-state index in [-0.39, 0.29) is 41.6 Å². The van der Waals surface area contributed by atoms with E-state index in [0.29, 0.717) is 5.02 Å². The molecule has 28 heavy (non-hydrogen) atoms. The minimum Gasteiger partial charge on any atom is -0.463 e. The second kappa shape index (κ2) is 9.95. The third-order valence-corrected chi connectivity index (χ3v) is 4.07. The molecule has 150 valence electrons. The number of benzene rings is 1. The summed E-state index contributed by atoms with van der Waals surface area (Å²) >= 11 is 11.7. The Bertz CT molecular complexity index is 840. The number of nitrogens with one attached hydrogen (secondary N) is 3. The number of hydrogen-bond donors (Lipinski definition) is 3. The van der Waals surface area contributed by atoms with Gasteiger partial charge in [-0.25, -0.2) is 9.59 Å². The molecule has 0 saturated carbocycles. The van der Waals surface area contributed by atoms with Crippen LogP contribution in [0.5, 0.6) is 0 Å². The van der Waals surface area contributed by atoms with Crippen molar-refractivity contribution in [3.63, 3.8) is 0 Å². The molecule has 11 heteroatoms. The van der Waals surface area contributed by atoms with Crippen molar-refractivity contribution in [3.05, 3.63) is 45.1 Å². The molecule has 9 nitrogen and oxygen atoms in total. The lowest BCUT2D eigenvalue weighted by atomic mass is 10.2. The highest BCUT2D eigenvalue weighted by molar-refractivity contribution is 6.36. The van der Waals surface area contributed by atoms with Crippen LogP contribution in [0.1, 0.15) is 17.3 Å². The number of carbonyl (C=O) groups is 4. The van der Waals surface area contributed by atoms with Gasteiger partial charge in [-0.15, -0.1) is 0 Å². The zero-order valence-electron chi connectivity index (χ0n) is 14.8. The fourth-order valence-corrected chi connectivity index (χ4v) is 2.69. The van der Waals surface area contributed by atoms with Crippen LogP contribution in [0.3, 0.4) is 0 Å². The third-order valence-electron chi connectivity index (χ3n) is 3.52. The van der Waals surface area contributed by atoms with Gasteiger partial charge in [0.2, 0.25) is 0 Å². The molecule has 1 heterocycles. The molecule has 0 spiro atoms.